The maximum atomic E-state index is 13.7. The zero-order chi connectivity index (χ0) is 24.9. The van der Waals surface area contributed by atoms with Gasteiger partial charge in [-0.1, -0.05) is 60.3 Å². The zero-order valence-electron chi connectivity index (χ0n) is 19.6. The molecular weight excluding hydrogens is 483 g/mol. The maximum Gasteiger partial charge on any atom is 0.303 e. The Bertz CT molecular complexity index is 1240. The van der Waals surface area contributed by atoms with Crippen molar-refractivity contribution < 1.29 is 14.7 Å². The van der Waals surface area contributed by atoms with E-state index in [4.69, 9.17) is 28.3 Å². The molecule has 5 nitrogen and oxygen atoms in total. The van der Waals surface area contributed by atoms with Crippen molar-refractivity contribution in [3.63, 3.8) is 0 Å². The Kier molecular flexibility index (Phi) is 8.09. The third-order valence-corrected chi connectivity index (χ3v) is 7.35. The van der Waals surface area contributed by atoms with Crippen molar-refractivity contribution in [2.24, 2.45) is 5.92 Å². The summed E-state index contributed by atoms with van der Waals surface area (Å²) in [5.74, 6) is -0.999. The van der Waals surface area contributed by atoms with Crippen LogP contribution in [0, 0.1) is 12.8 Å². The lowest BCUT2D eigenvalue weighted by Crippen LogP contribution is -2.27. The van der Waals surface area contributed by atoms with Crippen molar-refractivity contribution in [2.75, 3.05) is 5.32 Å². The van der Waals surface area contributed by atoms with Crippen LogP contribution in [0.3, 0.4) is 0 Å². The highest BCUT2D eigenvalue weighted by molar-refractivity contribution is 6.34. The molecule has 1 saturated carbocycles. The molecule has 2 aromatic carbocycles. The second kappa shape index (κ2) is 11.2. The molecule has 0 spiro atoms. The summed E-state index contributed by atoms with van der Waals surface area (Å²) >= 11 is 12.8. The van der Waals surface area contributed by atoms with Gasteiger partial charge in [-0.25, -0.2) is 0 Å². The number of halogens is 2. The highest BCUT2D eigenvalue weighted by Gasteiger charge is 2.32. The minimum absolute atomic E-state index is 0.0515. The third kappa shape index (κ3) is 6.03. The quantitative estimate of drug-likeness (QED) is 0.333. The topological polar surface area (TPSA) is 79.3 Å². The lowest BCUT2D eigenvalue weighted by Gasteiger charge is -2.24. The van der Waals surface area contributed by atoms with E-state index in [0.717, 1.165) is 53.5 Å². The number of carboxylic acid groups (broad SMARTS) is 1. The first kappa shape index (κ1) is 25.2. The fourth-order valence-electron chi connectivity index (χ4n) is 4.99. The fourth-order valence-corrected chi connectivity index (χ4v) is 5.46. The minimum atomic E-state index is -0.839. The number of nitrogens with one attached hydrogen (secondary N) is 1. The smallest absolute Gasteiger partial charge is 0.303 e. The van der Waals surface area contributed by atoms with Crippen LogP contribution in [0.25, 0.3) is 11.1 Å². The number of anilines is 1. The molecule has 1 heterocycles. The van der Waals surface area contributed by atoms with E-state index < -0.39 is 5.97 Å². The van der Waals surface area contributed by atoms with Crippen molar-refractivity contribution in [1.29, 1.82) is 0 Å². The minimum Gasteiger partial charge on any atom is -0.481 e. The third-order valence-electron chi connectivity index (χ3n) is 6.83. The first-order valence-corrected chi connectivity index (χ1v) is 12.6. The molecule has 182 valence electrons. The van der Waals surface area contributed by atoms with Crippen LogP contribution in [0.15, 0.2) is 54.9 Å². The number of pyridine rings is 1. The van der Waals surface area contributed by atoms with Crippen LogP contribution in [0.1, 0.15) is 54.7 Å². The molecule has 1 amide bonds. The van der Waals surface area contributed by atoms with Crippen molar-refractivity contribution in [1.82, 2.24) is 4.98 Å². The summed E-state index contributed by atoms with van der Waals surface area (Å²) in [4.78, 5) is 28.8. The largest absolute Gasteiger partial charge is 0.481 e. The Balaban J connectivity index is 1.62. The molecular formula is C28H28Cl2N2O3. The second-order valence-electron chi connectivity index (χ2n) is 9.13. The molecule has 1 atom stereocenters. The van der Waals surface area contributed by atoms with Gasteiger partial charge in [-0.2, -0.15) is 0 Å². The van der Waals surface area contributed by atoms with E-state index >= 15 is 0 Å². The summed E-state index contributed by atoms with van der Waals surface area (Å²) in [6.45, 7) is 1.92. The van der Waals surface area contributed by atoms with Crippen LogP contribution >= 0.6 is 23.2 Å². The van der Waals surface area contributed by atoms with E-state index in [9.17, 15) is 9.59 Å². The predicted molar refractivity (Wildman–Crippen MR) is 140 cm³/mol. The summed E-state index contributed by atoms with van der Waals surface area (Å²) in [5.41, 5.74) is 5.06. The number of nitrogens with zero attached hydrogens (tertiary/aromatic N) is 1. The summed E-state index contributed by atoms with van der Waals surface area (Å²) in [6.07, 6.45) is 7.97. The van der Waals surface area contributed by atoms with Gasteiger partial charge < -0.3 is 10.4 Å². The summed E-state index contributed by atoms with van der Waals surface area (Å²) in [6, 6.07) is 13.2. The number of aliphatic carboxylic acids is 1. The molecule has 1 fully saturated rings. The van der Waals surface area contributed by atoms with Crippen molar-refractivity contribution in [2.45, 2.75) is 51.4 Å². The Labute approximate surface area is 215 Å². The number of carbonyl (C=O) groups is 2. The van der Waals surface area contributed by atoms with Gasteiger partial charge in [-0.05, 0) is 67.0 Å². The normalized spacial score (nSPS) is 14.6. The first-order chi connectivity index (χ1) is 16.8. The number of aryl methyl sites for hydroxylation is 1. The molecule has 0 saturated heterocycles. The standard InChI is InChI=1S/C28H28Cl2N2O3/c1-17-18(10-12-26(33)34)7-4-8-25(17)32-28(35)27(19-5-2-3-6-19)20-9-11-23(24(30)14-20)21-13-22(29)16-31-15-21/h4,7-9,11,13-16,19,27H,2-3,5-6,10,12H2,1H3,(H,32,35)(H,33,34). The average Bonchev–Trinajstić information content (AvgIpc) is 3.34. The van der Waals surface area contributed by atoms with Crippen LogP contribution < -0.4 is 5.32 Å². The van der Waals surface area contributed by atoms with Crippen LogP contribution in [0.5, 0.6) is 0 Å². The van der Waals surface area contributed by atoms with Crippen LogP contribution in [-0.2, 0) is 16.0 Å². The Hall–Kier alpha value is -2.89. The predicted octanol–water partition coefficient (Wildman–Crippen LogP) is 7.29. The van der Waals surface area contributed by atoms with Gasteiger partial charge in [-0.3, -0.25) is 14.6 Å². The van der Waals surface area contributed by atoms with Crippen molar-refractivity contribution in [3.05, 3.63) is 81.6 Å². The molecule has 0 radical (unpaired) electrons. The molecule has 1 aliphatic rings. The molecule has 7 heteroatoms. The molecule has 4 rings (SSSR count). The molecule has 35 heavy (non-hydrogen) atoms. The number of aromatic nitrogens is 1. The second-order valence-corrected chi connectivity index (χ2v) is 9.97. The van der Waals surface area contributed by atoms with Gasteiger partial charge in [0, 0.05) is 40.7 Å². The average molecular weight is 511 g/mol. The molecule has 0 aliphatic heterocycles. The van der Waals surface area contributed by atoms with E-state index in [0.29, 0.717) is 22.2 Å². The van der Waals surface area contributed by atoms with Crippen molar-refractivity contribution >= 4 is 40.8 Å². The SMILES string of the molecule is Cc1c(CCC(=O)O)cccc1NC(=O)C(c1ccc(-c2cncc(Cl)c2)c(Cl)c1)C1CCCC1. The number of hydrogen-bond donors (Lipinski definition) is 2. The monoisotopic (exact) mass is 510 g/mol. The van der Waals surface area contributed by atoms with Crippen molar-refractivity contribution in [3.8, 4) is 11.1 Å². The van der Waals surface area contributed by atoms with E-state index in [-0.39, 0.29) is 24.2 Å². The molecule has 3 aromatic rings. The first-order valence-electron chi connectivity index (χ1n) is 11.8. The Morgan fingerprint density at radius 1 is 1.11 bits per heavy atom. The molecule has 2 N–H and O–H groups in total. The number of carboxylic acids is 1. The van der Waals surface area contributed by atoms with Crippen LogP contribution in [0.2, 0.25) is 10.0 Å². The Morgan fingerprint density at radius 2 is 1.89 bits per heavy atom. The fraction of sp³-hybridized carbons (Fsp3) is 0.321. The number of carbonyl (C=O) groups excluding carboxylic acids is 1. The summed E-state index contributed by atoms with van der Waals surface area (Å²) in [5, 5.41) is 13.3. The van der Waals surface area contributed by atoms with Gasteiger partial charge >= 0.3 is 5.97 Å². The molecule has 1 aliphatic carbocycles. The van der Waals surface area contributed by atoms with E-state index in [1.54, 1.807) is 12.4 Å². The maximum absolute atomic E-state index is 13.7. The number of hydrogen-bond acceptors (Lipinski definition) is 3. The van der Waals surface area contributed by atoms with Crippen LogP contribution in [-0.4, -0.2) is 22.0 Å². The summed E-state index contributed by atoms with van der Waals surface area (Å²) in [7, 11) is 0. The number of amides is 1. The van der Waals surface area contributed by atoms with Gasteiger partial charge in [0.05, 0.1) is 10.9 Å². The van der Waals surface area contributed by atoms with Gasteiger partial charge in [0.2, 0.25) is 5.91 Å². The summed E-state index contributed by atoms with van der Waals surface area (Å²) < 4.78 is 0. The van der Waals surface area contributed by atoms with Gasteiger partial charge in [-0.15, -0.1) is 0 Å². The van der Waals surface area contributed by atoms with E-state index in [1.165, 1.54) is 0 Å². The molecule has 0 bridgehead atoms. The highest BCUT2D eigenvalue weighted by Crippen LogP contribution is 2.40. The zero-order valence-corrected chi connectivity index (χ0v) is 21.1. The highest BCUT2D eigenvalue weighted by atomic mass is 35.5. The van der Waals surface area contributed by atoms with E-state index in [2.05, 4.69) is 10.3 Å². The molecule has 1 unspecified atom stereocenters. The Morgan fingerprint density at radius 3 is 2.57 bits per heavy atom. The van der Waals surface area contributed by atoms with Gasteiger partial charge in [0.1, 0.15) is 0 Å². The number of rotatable bonds is 8. The molecule has 1 aromatic heterocycles. The lowest BCUT2D eigenvalue weighted by atomic mass is 9.83. The van der Waals surface area contributed by atoms with Crippen LogP contribution in [0.4, 0.5) is 5.69 Å². The number of benzene rings is 2. The van der Waals surface area contributed by atoms with Gasteiger partial charge in [0.25, 0.3) is 0 Å². The van der Waals surface area contributed by atoms with Gasteiger partial charge in [0.15, 0.2) is 0 Å². The van der Waals surface area contributed by atoms with E-state index in [1.807, 2.05) is 49.4 Å². The lowest BCUT2D eigenvalue weighted by molar-refractivity contribution is -0.137.